The minimum absolute atomic E-state index is 0.231. The lowest BCUT2D eigenvalue weighted by Crippen LogP contribution is -2.35. The van der Waals surface area contributed by atoms with E-state index < -0.39 is 0 Å². The largest absolute Gasteiger partial charge is 0.368 e. The van der Waals surface area contributed by atoms with Gasteiger partial charge in [-0.2, -0.15) is 0 Å². The van der Waals surface area contributed by atoms with Gasteiger partial charge in [0.1, 0.15) is 5.82 Å². The molecule has 2 aromatic heterocycles. The average Bonchev–Trinajstić information content (AvgIpc) is 3.18. The van der Waals surface area contributed by atoms with E-state index in [1.54, 1.807) is 18.3 Å². The highest BCUT2D eigenvalue weighted by atomic mass is 19.1. The van der Waals surface area contributed by atoms with Crippen LogP contribution >= 0.6 is 0 Å². The van der Waals surface area contributed by atoms with Gasteiger partial charge in [-0.25, -0.2) is 19.3 Å². The van der Waals surface area contributed by atoms with E-state index in [4.69, 9.17) is 10.7 Å². The summed E-state index contributed by atoms with van der Waals surface area (Å²) in [6, 6.07) is 8.62. The number of piperidine rings is 1. The zero-order chi connectivity index (χ0) is 20.2. The molecule has 1 saturated heterocycles. The average molecular weight is 394 g/mol. The number of benzene rings is 1. The van der Waals surface area contributed by atoms with Gasteiger partial charge in [-0.3, -0.25) is 0 Å². The van der Waals surface area contributed by atoms with Gasteiger partial charge in [0, 0.05) is 30.9 Å². The third-order valence-electron chi connectivity index (χ3n) is 5.61. The zero-order valence-corrected chi connectivity index (χ0v) is 16.8. The van der Waals surface area contributed by atoms with Crippen LogP contribution in [0.25, 0.3) is 22.6 Å². The Morgan fingerprint density at radius 2 is 1.86 bits per heavy atom. The molecule has 0 amide bonds. The number of rotatable bonds is 6. The molecule has 29 heavy (non-hydrogen) atoms. The molecule has 3 heterocycles. The quantitative estimate of drug-likeness (QED) is 0.679. The van der Waals surface area contributed by atoms with E-state index in [2.05, 4.69) is 26.4 Å². The van der Waals surface area contributed by atoms with Crippen LogP contribution in [0.15, 0.2) is 42.9 Å². The molecular weight excluding hydrogens is 367 g/mol. The molecule has 152 valence electrons. The third-order valence-corrected chi connectivity index (χ3v) is 5.61. The van der Waals surface area contributed by atoms with Gasteiger partial charge in [-0.15, -0.1) is 0 Å². The molecule has 1 aliphatic rings. The molecule has 0 saturated carbocycles. The summed E-state index contributed by atoms with van der Waals surface area (Å²) in [5.41, 5.74) is 9.16. The molecule has 0 unspecified atom stereocenters. The van der Waals surface area contributed by atoms with E-state index in [1.165, 1.54) is 31.5 Å². The molecule has 0 bridgehead atoms. The summed E-state index contributed by atoms with van der Waals surface area (Å²) in [6.45, 7) is 5.57. The first kappa shape index (κ1) is 19.5. The van der Waals surface area contributed by atoms with Crippen LogP contribution in [0, 0.1) is 5.82 Å². The second kappa shape index (κ2) is 8.69. The van der Waals surface area contributed by atoms with Crippen LogP contribution < -0.4 is 5.73 Å². The smallest absolute Gasteiger partial charge is 0.220 e. The standard InChI is InChI=1S/C22H27FN6/c1-2-3-12-28-13-9-18(10-14-28)29-15-26-20(16-4-6-17(23)7-5-16)21(29)19-8-11-25-22(24)27-19/h4-8,11,15,18H,2-3,9-10,12-14H2,1H3,(H2,24,25,27). The number of anilines is 1. The lowest BCUT2D eigenvalue weighted by atomic mass is 10.0. The minimum atomic E-state index is -0.263. The summed E-state index contributed by atoms with van der Waals surface area (Å²) in [7, 11) is 0. The summed E-state index contributed by atoms with van der Waals surface area (Å²) >= 11 is 0. The molecule has 1 aliphatic heterocycles. The second-order valence-corrected chi connectivity index (χ2v) is 7.58. The predicted molar refractivity (Wildman–Crippen MR) is 113 cm³/mol. The molecule has 4 rings (SSSR count). The Morgan fingerprint density at radius 3 is 2.55 bits per heavy atom. The summed E-state index contributed by atoms with van der Waals surface area (Å²) < 4.78 is 15.7. The minimum Gasteiger partial charge on any atom is -0.368 e. The number of aromatic nitrogens is 4. The van der Waals surface area contributed by atoms with E-state index in [0.717, 1.165) is 48.6 Å². The molecule has 6 nitrogen and oxygen atoms in total. The number of likely N-dealkylation sites (tertiary alicyclic amines) is 1. The highest BCUT2D eigenvalue weighted by Gasteiger charge is 2.25. The Morgan fingerprint density at radius 1 is 1.10 bits per heavy atom. The van der Waals surface area contributed by atoms with Crippen molar-refractivity contribution < 1.29 is 4.39 Å². The number of unbranched alkanes of at least 4 members (excludes halogenated alkanes) is 1. The van der Waals surface area contributed by atoms with Gasteiger partial charge in [-0.05, 0) is 56.1 Å². The first-order valence-electron chi connectivity index (χ1n) is 10.3. The van der Waals surface area contributed by atoms with E-state index in [1.807, 2.05) is 12.4 Å². The van der Waals surface area contributed by atoms with Crippen molar-refractivity contribution in [3.63, 3.8) is 0 Å². The van der Waals surface area contributed by atoms with Crippen LogP contribution in [0.2, 0.25) is 0 Å². The number of nitrogen functional groups attached to an aromatic ring is 1. The number of halogens is 1. The SMILES string of the molecule is CCCCN1CCC(n2cnc(-c3ccc(F)cc3)c2-c2ccnc(N)n2)CC1. The molecule has 1 aromatic carbocycles. The predicted octanol–water partition coefficient (Wildman–Crippen LogP) is 4.17. The Kier molecular flexibility index (Phi) is 5.85. The summed E-state index contributed by atoms with van der Waals surface area (Å²) in [5, 5.41) is 0. The lowest BCUT2D eigenvalue weighted by Gasteiger charge is -2.33. The number of nitrogens with zero attached hydrogens (tertiary/aromatic N) is 5. The second-order valence-electron chi connectivity index (χ2n) is 7.58. The van der Waals surface area contributed by atoms with Crippen LogP contribution in [0.1, 0.15) is 38.6 Å². The molecule has 7 heteroatoms. The Balaban J connectivity index is 1.68. The maximum Gasteiger partial charge on any atom is 0.220 e. The molecule has 2 N–H and O–H groups in total. The highest BCUT2D eigenvalue weighted by molar-refractivity contribution is 5.77. The van der Waals surface area contributed by atoms with Gasteiger partial charge in [0.2, 0.25) is 5.95 Å². The van der Waals surface area contributed by atoms with Gasteiger partial charge in [0.25, 0.3) is 0 Å². The monoisotopic (exact) mass is 394 g/mol. The Labute approximate surface area is 170 Å². The Hall–Kier alpha value is -2.80. The first-order chi connectivity index (χ1) is 14.2. The fourth-order valence-electron chi connectivity index (χ4n) is 4.02. The van der Waals surface area contributed by atoms with E-state index >= 15 is 0 Å². The fourth-order valence-corrected chi connectivity index (χ4v) is 4.02. The normalized spacial score (nSPS) is 15.7. The number of nitrogens with two attached hydrogens (primary N) is 1. The van der Waals surface area contributed by atoms with Crippen molar-refractivity contribution in [2.75, 3.05) is 25.4 Å². The molecule has 0 aliphatic carbocycles. The van der Waals surface area contributed by atoms with Crippen LogP contribution in [-0.4, -0.2) is 44.1 Å². The summed E-state index contributed by atoms with van der Waals surface area (Å²) in [5.74, 6) is -0.0323. The summed E-state index contributed by atoms with van der Waals surface area (Å²) in [4.78, 5) is 15.7. The van der Waals surface area contributed by atoms with Gasteiger partial charge >= 0.3 is 0 Å². The van der Waals surface area contributed by atoms with Crippen molar-refractivity contribution in [1.29, 1.82) is 0 Å². The fraction of sp³-hybridized carbons (Fsp3) is 0.409. The molecule has 0 atom stereocenters. The maximum absolute atomic E-state index is 13.4. The zero-order valence-electron chi connectivity index (χ0n) is 16.8. The van der Waals surface area contributed by atoms with Crippen molar-refractivity contribution in [2.24, 2.45) is 0 Å². The van der Waals surface area contributed by atoms with Crippen molar-refractivity contribution >= 4 is 5.95 Å². The van der Waals surface area contributed by atoms with Gasteiger partial charge in [0.05, 0.1) is 23.4 Å². The van der Waals surface area contributed by atoms with Gasteiger partial charge in [-0.1, -0.05) is 13.3 Å². The van der Waals surface area contributed by atoms with Crippen molar-refractivity contribution in [2.45, 2.75) is 38.6 Å². The molecule has 0 spiro atoms. The lowest BCUT2D eigenvalue weighted by molar-refractivity contribution is 0.185. The first-order valence-corrected chi connectivity index (χ1v) is 10.3. The van der Waals surface area contributed by atoms with Crippen LogP contribution in [-0.2, 0) is 0 Å². The Bertz CT molecular complexity index is 944. The van der Waals surface area contributed by atoms with Crippen molar-refractivity contribution in [3.05, 3.63) is 48.7 Å². The van der Waals surface area contributed by atoms with Gasteiger partial charge < -0.3 is 15.2 Å². The van der Waals surface area contributed by atoms with Crippen LogP contribution in [0.4, 0.5) is 10.3 Å². The van der Waals surface area contributed by atoms with E-state index in [9.17, 15) is 4.39 Å². The maximum atomic E-state index is 13.4. The molecule has 3 aromatic rings. The third kappa shape index (κ3) is 4.29. The highest BCUT2D eigenvalue weighted by Crippen LogP contribution is 2.35. The number of imidazole rings is 1. The van der Waals surface area contributed by atoms with Crippen LogP contribution in [0.5, 0.6) is 0 Å². The van der Waals surface area contributed by atoms with E-state index in [0.29, 0.717) is 6.04 Å². The molecule has 0 radical (unpaired) electrons. The number of hydrogen-bond donors (Lipinski definition) is 1. The van der Waals surface area contributed by atoms with Crippen molar-refractivity contribution in [1.82, 2.24) is 24.4 Å². The molecule has 1 fully saturated rings. The summed E-state index contributed by atoms with van der Waals surface area (Å²) in [6.07, 6.45) is 8.15. The molecular formula is C22H27FN6. The number of hydrogen-bond acceptors (Lipinski definition) is 5. The van der Waals surface area contributed by atoms with Gasteiger partial charge in [0.15, 0.2) is 0 Å². The van der Waals surface area contributed by atoms with Crippen molar-refractivity contribution in [3.8, 4) is 22.6 Å². The van der Waals surface area contributed by atoms with E-state index in [-0.39, 0.29) is 11.8 Å². The topological polar surface area (TPSA) is 72.9 Å². The van der Waals surface area contributed by atoms with Crippen LogP contribution in [0.3, 0.4) is 0 Å².